The molecule has 10 N–H and O–H groups in total. The fourth-order valence-electron chi connectivity index (χ4n) is 9.02. The van der Waals surface area contributed by atoms with Crippen LogP contribution in [-0.2, 0) is 195 Å². The summed E-state index contributed by atoms with van der Waals surface area (Å²) >= 11 is 0. The van der Waals surface area contributed by atoms with Gasteiger partial charge in [0.05, 0.1) is 32.6 Å². The van der Waals surface area contributed by atoms with Crippen LogP contribution in [0.2, 0.25) is 0 Å². The first-order valence-electron chi connectivity index (χ1n) is 24.8. The van der Waals surface area contributed by atoms with E-state index >= 15 is 0 Å². The van der Waals surface area contributed by atoms with E-state index in [0.29, 0.717) is 13.0 Å². The topological polar surface area (TPSA) is 710 Å². The first-order chi connectivity index (χ1) is 42.0. The Morgan fingerprint density at radius 3 is 1.18 bits per heavy atom. The van der Waals surface area contributed by atoms with Gasteiger partial charge in [0.15, 0.2) is 31.4 Å². The summed E-state index contributed by atoms with van der Waals surface area (Å²) in [6, 6.07) is 0. The molecule has 4 fully saturated rings. The zero-order valence-electron chi connectivity index (χ0n) is 45.6. The van der Waals surface area contributed by atoms with E-state index in [1.54, 1.807) is 0 Å². The molecule has 50 nitrogen and oxygen atoms in total. The van der Waals surface area contributed by atoms with Crippen LogP contribution in [-0.4, -0.2) is 260 Å². The third-order valence-electron chi connectivity index (χ3n) is 12.0. The Kier molecular flexibility index (Phi) is 26.3. The van der Waals surface area contributed by atoms with Crippen LogP contribution in [0.3, 0.4) is 0 Å². The number of ether oxygens (including phenoxy) is 8. The molecule has 0 amide bonds. The Balaban J connectivity index is 1.27. The molecule has 0 bridgehead atoms. The molecule has 0 aliphatic carbocycles. The zero-order valence-corrected chi connectivity index (χ0v) is 52.9. The molecule has 0 aromatic carbocycles. The van der Waals surface area contributed by atoms with Crippen LogP contribution in [0.1, 0.15) is 50.4 Å². The summed E-state index contributed by atoms with van der Waals surface area (Å²) in [4.78, 5) is 0. The second kappa shape index (κ2) is 31.1. The number of hydrogen-bond acceptors (Lipinski definition) is 38. The van der Waals surface area contributed by atoms with Crippen molar-refractivity contribution in [3.8, 4) is 0 Å². The van der Waals surface area contributed by atoms with Gasteiger partial charge in [0, 0.05) is 37.3 Å². The highest BCUT2D eigenvalue weighted by Gasteiger charge is 2.53. The van der Waals surface area contributed by atoms with Gasteiger partial charge in [-0.25, -0.2) is 37.6 Å². The smallest absolute Gasteiger partial charge is 0.346 e. The fraction of sp³-hybridized carbons (Fsp3) is 0.879. The van der Waals surface area contributed by atoms with E-state index in [9.17, 15) is 117 Å². The molecule has 92 heavy (non-hydrogen) atoms. The lowest BCUT2D eigenvalue weighted by Gasteiger charge is -2.46. The van der Waals surface area contributed by atoms with Gasteiger partial charge < -0.3 is 37.9 Å². The van der Waals surface area contributed by atoms with E-state index in [1.807, 2.05) is 6.92 Å². The van der Waals surface area contributed by atoms with E-state index < -0.39 is 251 Å². The van der Waals surface area contributed by atoms with Crippen molar-refractivity contribution in [1.82, 2.24) is 25.3 Å². The minimum Gasteiger partial charge on any atom is -0.346 e. The molecule has 16 atom stereocenters. The van der Waals surface area contributed by atoms with Gasteiger partial charge in [-0.15, -0.1) is 5.10 Å². The van der Waals surface area contributed by atoms with Crippen molar-refractivity contribution in [1.29, 1.82) is 0 Å². The van der Waals surface area contributed by atoms with E-state index in [0.717, 1.165) is 10.9 Å². The molecule has 4 aliphatic rings. The molecular weight excluding hydrogens is 1470 g/mol. The van der Waals surface area contributed by atoms with Crippen LogP contribution >= 0.6 is 0 Å². The van der Waals surface area contributed by atoms with Crippen LogP contribution in [0.5, 0.6) is 0 Å². The average Bonchev–Trinajstić information content (AvgIpc) is 1.71. The van der Waals surface area contributed by atoms with Crippen molar-refractivity contribution in [3.63, 3.8) is 0 Å². The number of nitrogens with one attached hydrogen (secondary N) is 1. The normalized spacial score (nSPS) is 30.3. The van der Waals surface area contributed by atoms with Crippen molar-refractivity contribution in [2.45, 2.75) is 164 Å². The number of hydrogen-bond donors (Lipinski definition) is 10. The molecule has 0 spiro atoms. The molecule has 4 aliphatic heterocycles. The van der Waals surface area contributed by atoms with Crippen LogP contribution in [0, 0.1) is 0 Å². The molecule has 59 heteroatoms. The van der Waals surface area contributed by atoms with Gasteiger partial charge in [-0.05, 0) is 6.42 Å². The van der Waals surface area contributed by atoms with E-state index in [1.165, 1.54) is 10.9 Å². The summed E-state index contributed by atoms with van der Waals surface area (Å²) in [6.07, 6.45) is -36.9. The van der Waals surface area contributed by atoms with Crippen molar-refractivity contribution in [2.75, 3.05) is 19.8 Å². The van der Waals surface area contributed by atoms with E-state index in [-0.39, 0.29) is 18.0 Å². The highest BCUT2D eigenvalue weighted by Crippen LogP contribution is 2.37. The maximum atomic E-state index is 12.4. The first-order valence-corrected chi connectivity index (χ1v) is 37.1. The average molecular weight is 1530 g/mol. The second-order valence-electron chi connectivity index (χ2n) is 19.0. The van der Waals surface area contributed by atoms with Crippen LogP contribution in [0.25, 0.3) is 0 Å². The summed E-state index contributed by atoms with van der Waals surface area (Å²) in [7, 11) is -50.7. The lowest BCUT2D eigenvalue weighted by molar-refractivity contribution is -0.761. The Labute approximate surface area is 520 Å². The lowest BCUT2D eigenvalue weighted by Crippen LogP contribution is -2.60. The van der Waals surface area contributed by atoms with Crippen LogP contribution in [0.4, 0.5) is 0 Å². The number of aryl methyl sites for hydroxylation is 1. The van der Waals surface area contributed by atoms with Gasteiger partial charge in [-0.3, -0.25) is 45.7 Å². The van der Waals surface area contributed by atoms with Gasteiger partial charge >= 0.3 is 93.6 Å². The lowest BCUT2D eigenvalue weighted by atomic mass is 9.98. The molecule has 0 saturated carbocycles. The van der Waals surface area contributed by atoms with Gasteiger partial charge in [0.1, 0.15) is 92.1 Å². The zero-order chi connectivity index (χ0) is 68.8. The Morgan fingerprint density at radius 1 is 0.467 bits per heavy atom. The quantitative estimate of drug-likeness (QED) is 0.0226. The van der Waals surface area contributed by atoms with E-state index in [2.05, 4.69) is 45.7 Å². The van der Waals surface area contributed by atoms with E-state index in [4.69, 9.17) is 50.4 Å². The Bertz CT molecular complexity index is 3880. The third kappa shape index (κ3) is 27.7. The van der Waals surface area contributed by atoms with Crippen molar-refractivity contribution in [2.24, 2.45) is 0 Å². The second-order valence-corrected chi connectivity index (χ2v) is 28.6. The van der Waals surface area contributed by atoms with Crippen LogP contribution < -0.4 is 4.68 Å². The Hall–Kier alpha value is -3.21. The summed E-state index contributed by atoms with van der Waals surface area (Å²) in [6.45, 7) is -4.21. The summed E-state index contributed by atoms with van der Waals surface area (Å²) in [5.74, 6) is 0. The van der Waals surface area contributed by atoms with Crippen molar-refractivity contribution < 1.29 is 197 Å². The van der Waals surface area contributed by atoms with Gasteiger partial charge in [-0.2, -0.15) is 80.4 Å². The number of rotatable bonds is 35. The summed E-state index contributed by atoms with van der Waals surface area (Å²) in [5.41, 5.74) is 0.0372. The fourth-order valence-corrected chi connectivity index (χ4v) is 13.0. The molecule has 6 rings (SSSR count). The van der Waals surface area contributed by atoms with Crippen molar-refractivity contribution >= 4 is 93.6 Å². The highest BCUT2D eigenvalue weighted by molar-refractivity contribution is 7.82. The molecule has 1 unspecified atom stereocenters. The van der Waals surface area contributed by atoms with Crippen molar-refractivity contribution in [3.05, 3.63) is 23.8 Å². The molecule has 534 valence electrons. The third-order valence-corrected chi connectivity index (χ3v) is 16.2. The maximum Gasteiger partial charge on any atom is 0.397 e. The Morgan fingerprint density at radius 2 is 0.804 bits per heavy atom. The first kappa shape index (κ1) is 77.8. The van der Waals surface area contributed by atoms with Gasteiger partial charge in [0.25, 0.3) is 0 Å². The van der Waals surface area contributed by atoms with Gasteiger partial charge in [0.2, 0.25) is 5.69 Å². The largest absolute Gasteiger partial charge is 0.397 e. The maximum absolute atomic E-state index is 12.4. The summed E-state index contributed by atoms with van der Waals surface area (Å²) < 4.78 is 390. The predicted molar refractivity (Wildman–Crippen MR) is 273 cm³/mol. The van der Waals surface area contributed by atoms with Gasteiger partial charge in [-0.1, -0.05) is 17.4 Å². The highest BCUT2D eigenvalue weighted by atomic mass is 32.3. The molecule has 2 aromatic heterocycles. The monoisotopic (exact) mass is 1530 g/mol. The molecule has 4 saturated heterocycles. The minimum atomic E-state index is -5.86. The standard InChI is InChI=1S/C33H54N6O44S9/c1-2-3-38-8-16(34-36-38)11-67-26-5-20(80-89(55,56)57)32(82-91(61,62)63)22(72-26)10-39-9-17(35-37-39)12-68-27-4-18(78-87(49,50)51)30(23(73-27)13-69-84(40,41)42)76-28-6-19(79-88(52,53)54)31(24(74-28)14-70-85(43,44)45)77-29-7-21(81-90(58,59)60)33(83-92(64,65)66)25(75-29)15-71-86(46,47)48/h8-9,18-33H,2-7,10-15H2,1H3,(H9,40,41,42,43,44,45,46,47,48,49,50,51,52,53,54,55,56,57,58,59,60,61,62,63,64,65,66)/p+1/t18-,19-,20-,21-,22-,23-,24-,25-,26+,27-,28-,29-,30+,31+,32+,33?/m1/s1. The van der Waals surface area contributed by atoms with Crippen LogP contribution in [0.15, 0.2) is 12.4 Å². The number of H-pyrrole nitrogens is 1. The number of nitrogens with zero attached hydrogens (tertiary/aromatic N) is 5. The molecular formula is C33H55N6O44S9+. The number of aromatic nitrogens is 6. The molecule has 0 radical (unpaired) electrons. The molecule has 6 heterocycles. The predicted octanol–water partition coefficient (Wildman–Crippen LogP) is -6.75. The summed E-state index contributed by atoms with van der Waals surface area (Å²) in [5, 5.41) is 14.2. The molecule has 2 aromatic rings. The minimum absolute atomic E-state index is 0.203. The number of aromatic amines is 1. The SMILES string of the molecule is CCCn1cc(CO[C@@H]2C[C@@H](OS(=O)(=O)O)[C@H](OS(=O)(=O)O)[C@@H](C[n+]3cc(CO[C@H]4C[C@@H](OS(=O)(=O)O)[C@H](O[C@@H]5C[C@@H](OS(=O)(=O)O)[C@H](O[C@@H]6C[C@@H](OS(=O)(=O)O)C(OS(=O)(=O)O)[C@@H](COS(=O)(=O)O)O6)[C@@H](COS(=O)(=O)O)O5)[C@@H](COS(=O)(=O)O)O4)n[nH]3)O2)nn1.